The maximum absolute atomic E-state index is 11.8. The Balaban J connectivity index is 2.48. The smallest absolute Gasteiger partial charge is 0.323 e. The number of nitrogens with two attached hydrogens (primary N) is 1. The first-order chi connectivity index (χ1) is 9.02. The van der Waals surface area contributed by atoms with E-state index in [-0.39, 0.29) is 6.61 Å². The van der Waals surface area contributed by atoms with Crippen LogP contribution < -0.4 is 5.73 Å². The molecule has 4 heteroatoms. The van der Waals surface area contributed by atoms with Crippen molar-refractivity contribution in [1.82, 2.24) is 0 Å². The molecule has 0 aliphatic rings. The predicted molar refractivity (Wildman–Crippen MR) is 74.5 cm³/mol. The zero-order valence-corrected chi connectivity index (χ0v) is 11.6. The molecule has 1 aromatic rings. The number of hydrogen-bond donors (Lipinski definition) is 2. The summed E-state index contributed by atoms with van der Waals surface area (Å²) in [4.78, 5) is 11.8. The summed E-state index contributed by atoms with van der Waals surface area (Å²) in [7, 11) is 0. The molecule has 2 atom stereocenters. The summed E-state index contributed by atoms with van der Waals surface area (Å²) in [5.74, 6) is -0.0983. The Labute approximate surface area is 114 Å². The van der Waals surface area contributed by atoms with E-state index < -0.39 is 18.1 Å². The Bertz CT molecular complexity index is 378. The van der Waals surface area contributed by atoms with Crippen molar-refractivity contribution in [3.05, 3.63) is 35.9 Å². The van der Waals surface area contributed by atoms with Crippen molar-refractivity contribution in [2.75, 3.05) is 6.61 Å². The average Bonchev–Trinajstić information content (AvgIpc) is 2.38. The minimum Gasteiger partial charge on any atom is -0.459 e. The lowest BCUT2D eigenvalue weighted by atomic mass is 10.1. The monoisotopic (exact) mass is 265 g/mol. The fourth-order valence-electron chi connectivity index (χ4n) is 1.89. The predicted octanol–water partition coefficient (Wildman–Crippen LogP) is 1.51. The second-order valence-electron chi connectivity index (χ2n) is 5.17. The van der Waals surface area contributed by atoms with E-state index in [1.165, 1.54) is 0 Å². The molecule has 0 aliphatic carbocycles. The lowest BCUT2D eigenvalue weighted by molar-refractivity contribution is -0.153. The number of rotatable bonds is 7. The summed E-state index contributed by atoms with van der Waals surface area (Å²) in [5, 5.41) is 9.18. The Morgan fingerprint density at radius 3 is 2.47 bits per heavy atom. The van der Waals surface area contributed by atoms with Crippen LogP contribution in [-0.4, -0.2) is 29.8 Å². The van der Waals surface area contributed by atoms with Crippen molar-refractivity contribution in [1.29, 1.82) is 0 Å². The van der Waals surface area contributed by atoms with Gasteiger partial charge in [0.05, 0.1) is 6.61 Å². The molecule has 0 aromatic heterocycles. The van der Waals surface area contributed by atoms with E-state index in [0.717, 1.165) is 5.56 Å². The molecule has 0 radical (unpaired) electrons. The normalized spacial score (nSPS) is 14.2. The van der Waals surface area contributed by atoms with E-state index in [9.17, 15) is 9.90 Å². The second-order valence-corrected chi connectivity index (χ2v) is 5.17. The Morgan fingerprint density at radius 2 is 1.95 bits per heavy atom. The van der Waals surface area contributed by atoms with Gasteiger partial charge in [0.1, 0.15) is 12.1 Å². The molecular weight excluding hydrogens is 242 g/mol. The van der Waals surface area contributed by atoms with E-state index in [2.05, 4.69) is 0 Å². The minimum atomic E-state index is -0.691. The second kappa shape index (κ2) is 7.92. The summed E-state index contributed by atoms with van der Waals surface area (Å²) < 4.78 is 5.23. The van der Waals surface area contributed by atoms with Gasteiger partial charge in [0.2, 0.25) is 0 Å². The Hall–Kier alpha value is -1.39. The van der Waals surface area contributed by atoms with Crippen molar-refractivity contribution in [3.8, 4) is 0 Å². The molecule has 0 fully saturated rings. The van der Waals surface area contributed by atoms with Crippen LogP contribution >= 0.6 is 0 Å². The Morgan fingerprint density at radius 1 is 1.32 bits per heavy atom. The van der Waals surface area contributed by atoms with Gasteiger partial charge in [0.15, 0.2) is 0 Å². The van der Waals surface area contributed by atoms with Gasteiger partial charge in [-0.15, -0.1) is 0 Å². The number of esters is 1. The van der Waals surface area contributed by atoms with Crippen LogP contribution in [-0.2, 0) is 16.0 Å². The van der Waals surface area contributed by atoms with E-state index in [0.29, 0.717) is 18.8 Å². The zero-order valence-electron chi connectivity index (χ0n) is 11.6. The molecule has 4 nitrogen and oxygen atoms in total. The van der Waals surface area contributed by atoms with Crippen LogP contribution in [0.2, 0.25) is 0 Å². The highest BCUT2D eigenvalue weighted by Crippen LogP contribution is 2.10. The topological polar surface area (TPSA) is 72.5 Å². The highest BCUT2D eigenvalue weighted by Gasteiger charge is 2.20. The van der Waals surface area contributed by atoms with Crippen molar-refractivity contribution in [2.45, 2.75) is 38.8 Å². The van der Waals surface area contributed by atoms with E-state index >= 15 is 0 Å². The molecule has 1 aromatic carbocycles. The van der Waals surface area contributed by atoms with Crippen molar-refractivity contribution >= 4 is 5.97 Å². The standard InChI is InChI=1S/C15H23NO3/c1-11(2)8-13(10-17)19-15(18)14(16)9-12-6-4-3-5-7-12/h3-7,11,13-14,17H,8-10,16H2,1-2H3/t13-,14+/m0/s1. The van der Waals surface area contributed by atoms with Crippen LogP contribution in [0.3, 0.4) is 0 Å². The number of ether oxygens (including phenoxy) is 1. The highest BCUT2D eigenvalue weighted by molar-refractivity contribution is 5.76. The lowest BCUT2D eigenvalue weighted by Gasteiger charge is -2.20. The molecule has 0 amide bonds. The summed E-state index contributed by atoms with van der Waals surface area (Å²) in [6.07, 6.45) is 0.620. The fraction of sp³-hybridized carbons (Fsp3) is 0.533. The fourth-order valence-corrected chi connectivity index (χ4v) is 1.89. The number of carbonyl (C=O) groups is 1. The van der Waals surface area contributed by atoms with Gasteiger partial charge < -0.3 is 15.6 Å². The van der Waals surface area contributed by atoms with Crippen LogP contribution in [0.5, 0.6) is 0 Å². The number of carbonyl (C=O) groups excluding carboxylic acids is 1. The van der Waals surface area contributed by atoms with E-state index in [1.807, 2.05) is 44.2 Å². The van der Waals surface area contributed by atoms with Gasteiger partial charge in [-0.25, -0.2) is 0 Å². The van der Waals surface area contributed by atoms with Gasteiger partial charge in [0, 0.05) is 0 Å². The van der Waals surface area contributed by atoms with Gasteiger partial charge in [0.25, 0.3) is 0 Å². The number of hydrogen-bond acceptors (Lipinski definition) is 4. The van der Waals surface area contributed by atoms with Gasteiger partial charge in [-0.1, -0.05) is 44.2 Å². The molecule has 3 N–H and O–H groups in total. The van der Waals surface area contributed by atoms with Gasteiger partial charge in [-0.05, 0) is 24.3 Å². The van der Waals surface area contributed by atoms with Crippen LogP contribution in [0.4, 0.5) is 0 Å². The average molecular weight is 265 g/mol. The quantitative estimate of drug-likeness (QED) is 0.733. The molecular formula is C15H23NO3. The molecule has 0 saturated heterocycles. The minimum absolute atomic E-state index is 0.165. The van der Waals surface area contributed by atoms with Crippen molar-refractivity contribution in [2.24, 2.45) is 11.7 Å². The molecule has 0 bridgehead atoms. The summed E-state index contributed by atoms with van der Waals surface area (Å²) in [5.41, 5.74) is 6.82. The molecule has 0 unspecified atom stereocenters. The maximum atomic E-state index is 11.8. The summed E-state index contributed by atoms with van der Waals surface area (Å²) in [6, 6.07) is 8.88. The van der Waals surface area contributed by atoms with Crippen molar-refractivity contribution < 1.29 is 14.6 Å². The summed E-state index contributed by atoms with van der Waals surface area (Å²) >= 11 is 0. The molecule has 19 heavy (non-hydrogen) atoms. The molecule has 0 heterocycles. The van der Waals surface area contributed by atoms with E-state index in [4.69, 9.17) is 10.5 Å². The molecule has 106 valence electrons. The van der Waals surface area contributed by atoms with Crippen LogP contribution in [0.15, 0.2) is 30.3 Å². The first-order valence-electron chi connectivity index (χ1n) is 6.63. The van der Waals surface area contributed by atoms with Crippen molar-refractivity contribution in [3.63, 3.8) is 0 Å². The first kappa shape index (κ1) is 15.7. The summed E-state index contributed by atoms with van der Waals surface area (Å²) in [6.45, 7) is 3.86. The highest BCUT2D eigenvalue weighted by atomic mass is 16.6. The maximum Gasteiger partial charge on any atom is 0.323 e. The van der Waals surface area contributed by atoms with Gasteiger partial charge in [-0.2, -0.15) is 0 Å². The number of aliphatic hydroxyl groups is 1. The zero-order chi connectivity index (χ0) is 14.3. The van der Waals surface area contributed by atoms with Crippen LogP contribution in [0.25, 0.3) is 0 Å². The lowest BCUT2D eigenvalue weighted by Crippen LogP contribution is -2.38. The molecule has 1 rings (SSSR count). The Kier molecular flexibility index (Phi) is 6.53. The van der Waals surface area contributed by atoms with E-state index in [1.54, 1.807) is 0 Å². The third-order valence-electron chi connectivity index (χ3n) is 2.82. The third-order valence-corrected chi connectivity index (χ3v) is 2.82. The largest absolute Gasteiger partial charge is 0.459 e. The molecule has 0 aliphatic heterocycles. The van der Waals surface area contributed by atoms with Crippen LogP contribution in [0, 0.1) is 5.92 Å². The molecule has 0 spiro atoms. The third kappa shape index (κ3) is 5.85. The first-order valence-corrected chi connectivity index (χ1v) is 6.63. The number of benzene rings is 1. The van der Waals surface area contributed by atoms with Crippen LogP contribution in [0.1, 0.15) is 25.8 Å². The van der Waals surface area contributed by atoms with Gasteiger partial charge >= 0.3 is 5.97 Å². The molecule has 0 saturated carbocycles. The van der Waals surface area contributed by atoms with Gasteiger partial charge in [-0.3, -0.25) is 4.79 Å². The number of aliphatic hydroxyl groups excluding tert-OH is 1. The SMILES string of the molecule is CC(C)C[C@@H](CO)OC(=O)[C@H](N)Cc1ccccc1.